The fraction of sp³-hybridized carbons (Fsp3) is 0.526. The number of carbonyl (C=O) groups is 2. The molecule has 2 aromatic heterocycles. The molecule has 3 rings (SSSR count). The van der Waals surface area contributed by atoms with Gasteiger partial charge in [0.05, 0.1) is 0 Å². The van der Waals surface area contributed by atoms with Gasteiger partial charge in [0.2, 0.25) is 0 Å². The van der Waals surface area contributed by atoms with E-state index in [4.69, 9.17) is 4.74 Å². The Bertz CT molecular complexity index is 780. The summed E-state index contributed by atoms with van der Waals surface area (Å²) in [7, 11) is 0. The van der Waals surface area contributed by atoms with Crippen LogP contribution in [0.25, 0.3) is 10.6 Å². The van der Waals surface area contributed by atoms with Crippen LogP contribution in [-0.2, 0) is 4.74 Å². The van der Waals surface area contributed by atoms with Crippen molar-refractivity contribution in [3.63, 3.8) is 0 Å². The van der Waals surface area contributed by atoms with Crippen LogP contribution in [0.4, 0.5) is 4.79 Å². The molecule has 1 saturated heterocycles. The summed E-state index contributed by atoms with van der Waals surface area (Å²) >= 11 is 3.10. The molecule has 1 aliphatic heterocycles. The Hall–Kier alpha value is -1.93. The zero-order chi connectivity index (χ0) is 19.4. The molecule has 0 saturated carbocycles. The van der Waals surface area contributed by atoms with E-state index in [2.05, 4.69) is 10.3 Å². The Morgan fingerprint density at radius 2 is 2.15 bits per heavy atom. The number of hydrogen-bond donors (Lipinski definition) is 1. The Kier molecular flexibility index (Phi) is 6.16. The molecule has 2 amide bonds. The zero-order valence-corrected chi connectivity index (χ0v) is 17.5. The zero-order valence-electron chi connectivity index (χ0n) is 15.9. The van der Waals surface area contributed by atoms with Gasteiger partial charge in [-0.1, -0.05) is 0 Å². The number of nitrogens with one attached hydrogen (secondary N) is 1. The Balaban J connectivity index is 1.64. The van der Waals surface area contributed by atoms with Crippen molar-refractivity contribution in [2.24, 2.45) is 0 Å². The second-order valence-electron chi connectivity index (χ2n) is 7.58. The summed E-state index contributed by atoms with van der Waals surface area (Å²) in [4.78, 5) is 31.3. The number of aromatic nitrogens is 1. The number of ether oxygens (including phenoxy) is 1. The van der Waals surface area contributed by atoms with Gasteiger partial charge in [0.25, 0.3) is 5.91 Å². The fourth-order valence-electron chi connectivity index (χ4n) is 3.03. The summed E-state index contributed by atoms with van der Waals surface area (Å²) in [5, 5.41) is 9.51. The first-order chi connectivity index (χ1) is 12.8. The number of likely N-dealkylation sites (tertiary alicyclic amines) is 1. The van der Waals surface area contributed by atoms with Crippen LogP contribution in [0.15, 0.2) is 22.2 Å². The third-order valence-corrected chi connectivity index (χ3v) is 5.83. The first kappa shape index (κ1) is 19.8. The van der Waals surface area contributed by atoms with Crippen molar-refractivity contribution < 1.29 is 14.3 Å². The quantitative estimate of drug-likeness (QED) is 0.816. The normalized spacial score (nSPS) is 17.6. The van der Waals surface area contributed by atoms with E-state index in [-0.39, 0.29) is 11.9 Å². The van der Waals surface area contributed by atoms with Crippen molar-refractivity contribution in [1.82, 2.24) is 15.2 Å². The molecule has 0 radical (unpaired) electrons. The van der Waals surface area contributed by atoms with Gasteiger partial charge in [-0.25, -0.2) is 9.78 Å². The number of rotatable bonds is 4. The number of alkyl carbamates (subject to hydrolysis) is 1. The molecule has 6 nitrogen and oxygen atoms in total. The van der Waals surface area contributed by atoms with Crippen molar-refractivity contribution in [3.05, 3.63) is 27.9 Å². The number of amides is 2. The van der Waals surface area contributed by atoms with Gasteiger partial charge in [-0.15, -0.1) is 11.3 Å². The summed E-state index contributed by atoms with van der Waals surface area (Å²) in [5.41, 5.74) is 0.987. The van der Waals surface area contributed by atoms with Gasteiger partial charge in [0.1, 0.15) is 16.3 Å². The highest BCUT2D eigenvalue weighted by atomic mass is 32.1. The van der Waals surface area contributed by atoms with Crippen LogP contribution in [0.5, 0.6) is 0 Å². The average Bonchev–Trinajstić information content (AvgIpc) is 3.29. The maximum Gasteiger partial charge on any atom is 0.407 e. The lowest BCUT2D eigenvalue weighted by atomic mass is 10.0. The molecule has 0 spiro atoms. The number of nitrogens with zero attached hydrogens (tertiary/aromatic N) is 2. The SMILES string of the molecule is CC(C)(C)OC(=O)NCC1CCCCN1C(=O)c1csc(-c2ccsc2)n1. The molecule has 1 aliphatic rings. The summed E-state index contributed by atoms with van der Waals surface area (Å²) in [6.07, 6.45) is 2.43. The number of thiophene rings is 1. The smallest absolute Gasteiger partial charge is 0.407 e. The van der Waals surface area contributed by atoms with Gasteiger partial charge in [-0.05, 0) is 51.5 Å². The molecule has 0 aliphatic carbocycles. The molecule has 8 heteroatoms. The molecule has 0 aromatic carbocycles. The van der Waals surface area contributed by atoms with Gasteiger partial charge in [-0.3, -0.25) is 4.79 Å². The predicted molar refractivity (Wildman–Crippen MR) is 108 cm³/mol. The van der Waals surface area contributed by atoms with Gasteiger partial charge < -0.3 is 15.0 Å². The third kappa shape index (κ3) is 5.29. The van der Waals surface area contributed by atoms with Crippen molar-refractivity contribution in [1.29, 1.82) is 0 Å². The summed E-state index contributed by atoms with van der Waals surface area (Å²) in [6, 6.07) is 1.97. The maximum absolute atomic E-state index is 13.0. The maximum atomic E-state index is 13.0. The van der Waals surface area contributed by atoms with Crippen LogP contribution in [0.3, 0.4) is 0 Å². The summed E-state index contributed by atoms with van der Waals surface area (Å²) in [5.74, 6) is -0.0663. The number of carbonyl (C=O) groups excluding carboxylic acids is 2. The molecule has 27 heavy (non-hydrogen) atoms. The third-order valence-electron chi connectivity index (χ3n) is 4.26. The molecule has 146 valence electrons. The number of piperidine rings is 1. The molecule has 3 heterocycles. The predicted octanol–water partition coefficient (Wildman–Crippen LogP) is 4.39. The Morgan fingerprint density at radius 3 is 2.85 bits per heavy atom. The molecular formula is C19H25N3O3S2. The van der Waals surface area contributed by atoms with Crippen LogP contribution in [0, 0.1) is 0 Å². The minimum atomic E-state index is -0.537. The molecule has 1 N–H and O–H groups in total. The van der Waals surface area contributed by atoms with Gasteiger partial charge in [-0.2, -0.15) is 11.3 Å². The topological polar surface area (TPSA) is 71.5 Å². The van der Waals surface area contributed by atoms with Crippen LogP contribution >= 0.6 is 22.7 Å². The van der Waals surface area contributed by atoms with E-state index in [0.29, 0.717) is 18.8 Å². The standard InChI is InChI=1S/C19H25N3O3S2/c1-19(2,3)25-18(24)20-10-14-6-4-5-8-22(14)17(23)15-12-27-16(21-15)13-7-9-26-11-13/h7,9,11-12,14H,4-6,8,10H2,1-3H3,(H,20,24). The van der Waals surface area contributed by atoms with E-state index in [0.717, 1.165) is 29.8 Å². The molecule has 0 bridgehead atoms. The van der Waals surface area contributed by atoms with Crippen LogP contribution in [0.2, 0.25) is 0 Å². The lowest BCUT2D eigenvalue weighted by Crippen LogP contribution is -2.50. The van der Waals surface area contributed by atoms with Crippen LogP contribution in [-0.4, -0.2) is 46.6 Å². The van der Waals surface area contributed by atoms with Gasteiger partial charge in [0.15, 0.2) is 0 Å². The largest absolute Gasteiger partial charge is 0.444 e. The number of hydrogen-bond acceptors (Lipinski definition) is 6. The molecule has 1 atom stereocenters. The summed E-state index contributed by atoms with van der Waals surface area (Å²) in [6.45, 7) is 6.57. The average molecular weight is 408 g/mol. The number of thiazole rings is 1. The molecular weight excluding hydrogens is 382 g/mol. The van der Waals surface area contributed by atoms with E-state index in [1.165, 1.54) is 11.3 Å². The molecule has 1 unspecified atom stereocenters. The van der Waals surface area contributed by atoms with Gasteiger partial charge in [0, 0.05) is 35.5 Å². The van der Waals surface area contributed by atoms with Gasteiger partial charge >= 0.3 is 6.09 Å². The Morgan fingerprint density at radius 1 is 1.33 bits per heavy atom. The lowest BCUT2D eigenvalue weighted by Gasteiger charge is -2.35. The van der Waals surface area contributed by atoms with Crippen molar-refractivity contribution in [2.45, 2.75) is 51.7 Å². The molecule has 1 fully saturated rings. The van der Waals surface area contributed by atoms with E-state index < -0.39 is 11.7 Å². The fourth-order valence-corrected chi connectivity index (χ4v) is 4.54. The second kappa shape index (κ2) is 8.39. The first-order valence-electron chi connectivity index (χ1n) is 9.09. The highest BCUT2D eigenvalue weighted by Crippen LogP contribution is 2.27. The van der Waals surface area contributed by atoms with E-state index in [1.807, 2.05) is 47.9 Å². The van der Waals surface area contributed by atoms with E-state index in [9.17, 15) is 9.59 Å². The minimum absolute atomic E-state index is 0.0370. The van der Waals surface area contributed by atoms with Crippen LogP contribution < -0.4 is 5.32 Å². The highest BCUT2D eigenvalue weighted by molar-refractivity contribution is 7.14. The monoisotopic (exact) mass is 407 g/mol. The minimum Gasteiger partial charge on any atom is -0.444 e. The highest BCUT2D eigenvalue weighted by Gasteiger charge is 2.29. The second-order valence-corrected chi connectivity index (χ2v) is 9.22. The van der Waals surface area contributed by atoms with Crippen LogP contribution in [0.1, 0.15) is 50.5 Å². The van der Waals surface area contributed by atoms with E-state index >= 15 is 0 Å². The van der Waals surface area contributed by atoms with Crippen molar-refractivity contribution in [3.8, 4) is 10.6 Å². The summed E-state index contributed by atoms with van der Waals surface area (Å²) < 4.78 is 5.29. The lowest BCUT2D eigenvalue weighted by molar-refractivity contribution is 0.0461. The van der Waals surface area contributed by atoms with Crippen molar-refractivity contribution in [2.75, 3.05) is 13.1 Å². The Labute approximate surface area is 167 Å². The first-order valence-corrected chi connectivity index (χ1v) is 10.9. The van der Waals surface area contributed by atoms with Crippen molar-refractivity contribution >= 4 is 34.7 Å². The molecule has 2 aromatic rings. The van der Waals surface area contributed by atoms with E-state index in [1.54, 1.807) is 11.3 Å².